The molecule has 0 spiro atoms. The Morgan fingerprint density at radius 1 is 1.63 bits per heavy atom. The van der Waals surface area contributed by atoms with E-state index in [1.807, 2.05) is 6.92 Å². The van der Waals surface area contributed by atoms with Gasteiger partial charge in [0.15, 0.2) is 5.60 Å². The van der Waals surface area contributed by atoms with Crippen LogP contribution >= 0.6 is 0 Å². The van der Waals surface area contributed by atoms with Gasteiger partial charge in [-0.2, -0.15) is 0 Å². The fourth-order valence-electron chi connectivity index (χ4n) is 2.08. The number of rotatable bonds is 2. The number of hydrogen-bond donors (Lipinski definition) is 2. The number of H-pyrrole nitrogens is 1. The zero-order valence-corrected chi connectivity index (χ0v) is 10.7. The van der Waals surface area contributed by atoms with Gasteiger partial charge >= 0.3 is 5.69 Å². The van der Waals surface area contributed by atoms with Gasteiger partial charge in [0.1, 0.15) is 6.23 Å². The largest absolute Gasteiger partial charge is 0.392 e. The van der Waals surface area contributed by atoms with E-state index in [1.165, 1.54) is 16.8 Å². The van der Waals surface area contributed by atoms with Crippen LogP contribution in [0.25, 0.3) is 0 Å². The number of hydrogen-bond acceptors (Lipinski definition) is 4. The molecule has 0 aliphatic carbocycles. The van der Waals surface area contributed by atoms with Crippen molar-refractivity contribution in [2.75, 3.05) is 6.61 Å². The van der Waals surface area contributed by atoms with Crippen LogP contribution in [0.15, 0.2) is 21.9 Å². The summed E-state index contributed by atoms with van der Waals surface area (Å²) < 4.78 is 7.04. The van der Waals surface area contributed by atoms with Crippen LogP contribution in [0.5, 0.6) is 0 Å². The molecule has 0 aromatic carbocycles. The van der Waals surface area contributed by atoms with Crippen molar-refractivity contribution in [1.29, 1.82) is 0 Å². The molecule has 1 aliphatic heterocycles. The lowest BCUT2D eigenvalue weighted by molar-refractivity contribution is -0.0650. The van der Waals surface area contributed by atoms with Gasteiger partial charge in [0, 0.05) is 18.7 Å². The molecule has 6 nitrogen and oxygen atoms in total. The second-order valence-electron chi connectivity index (χ2n) is 4.44. The Balaban J connectivity index is 2.26. The summed E-state index contributed by atoms with van der Waals surface area (Å²) in [6.07, 6.45) is 2.67. The van der Waals surface area contributed by atoms with Gasteiger partial charge in [-0.25, -0.2) is 4.79 Å². The molecular formula is C13H16N2O4. The van der Waals surface area contributed by atoms with Crippen molar-refractivity contribution in [3.63, 3.8) is 0 Å². The highest BCUT2D eigenvalue weighted by molar-refractivity contribution is 5.16. The van der Waals surface area contributed by atoms with Crippen LogP contribution in [0.2, 0.25) is 0 Å². The summed E-state index contributed by atoms with van der Waals surface area (Å²) in [5.41, 5.74) is -1.87. The second kappa shape index (κ2) is 5.43. The molecule has 0 amide bonds. The Morgan fingerprint density at radius 2 is 2.42 bits per heavy atom. The third-order valence-electron chi connectivity index (χ3n) is 3.07. The first kappa shape index (κ1) is 13.6. The molecule has 0 saturated carbocycles. The summed E-state index contributed by atoms with van der Waals surface area (Å²) in [5.74, 6) is 5.81. The van der Waals surface area contributed by atoms with Crippen molar-refractivity contribution in [3.05, 3.63) is 33.1 Å². The summed E-state index contributed by atoms with van der Waals surface area (Å²) in [6, 6.07) is 1.27. The van der Waals surface area contributed by atoms with E-state index in [0.29, 0.717) is 19.3 Å². The Bertz CT molecular complexity index is 622. The molecule has 2 heterocycles. The molecule has 0 radical (unpaired) electrons. The highest BCUT2D eigenvalue weighted by atomic mass is 16.5. The number of ether oxygens (including phenoxy) is 1. The van der Waals surface area contributed by atoms with Crippen molar-refractivity contribution in [1.82, 2.24) is 9.55 Å². The zero-order chi connectivity index (χ0) is 13.9. The quantitative estimate of drug-likeness (QED) is 0.736. The predicted molar refractivity (Wildman–Crippen MR) is 68.6 cm³/mol. The fraction of sp³-hybridized carbons (Fsp3) is 0.538. The van der Waals surface area contributed by atoms with Crippen molar-refractivity contribution in [2.24, 2.45) is 0 Å². The lowest BCUT2D eigenvalue weighted by atomic mass is 10.0. The third kappa shape index (κ3) is 2.78. The molecule has 1 aromatic heterocycles. The molecule has 1 saturated heterocycles. The van der Waals surface area contributed by atoms with Crippen LogP contribution in [0.3, 0.4) is 0 Å². The van der Waals surface area contributed by atoms with Crippen molar-refractivity contribution >= 4 is 0 Å². The molecule has 19 heavy (non-hydrogen) atoms. The molecule has 1 aromatic rings. The maximum Gasteiger partial charge on any atom is 0.330 e. The second-order valence-corrected chi connectivity index (χ2v) is 4.44. The predicted octanol–water partition coefficient (Wildman–Crippen LogP) is -0.00990. The summed E-state index contributed by atoms with van der Waals surface area (Å²) >= 11 is 0. The highest BCUT2D eigenvalue weighted by Crippen LogP contribution is 2.34. The Hall–Kier alpha value is -1.84. The SMILES string of the molecule is CCC#CC1(CO)CCC(n2ccc(=O)[nH]c2=O)O1. The summed E-state index contributed by atoms with van der Waals surface area (Å²) in [6.45, 7) is 1.70. The van der Waals surface area contributed by atoms with Crippen LogP contribution in [0.1, 0.15) is 32.4 Å². The zero-order valence-electron chi connectivity index (χ0n) is 10.7. The van der Waals surface area contributed by atoms with Gasteiger partial charge in [-0.1, -0.05) is 12.8 Å². The maximum atomic E-state index is 11.7. The average molecular weight is 264 g/mol. The van der Waals surface area contributed by atoms with E-state index >= 15 is 0 Å². The van der Waals surface area contributed by atoms with Gasteiger partial charge in [0.2, 0.25) is 0 Å². The van der Waals surface area contributed by atoms with Crippen molar-refractivity contribution < 1.29 is 9.84 Å². The lowest BCUT2D eigenvalue weighted by Gasteiger charge is -2.21. The van der Waals surface area contributed by atoms with Gasteiger partial charge in [-0.15, -0.1) is 5.92 Å². The number of aliphatic hydroxyl groups is 1. The Kier molecular flexibility index (Phi) is 3.88. The molecule has 1 aliphatic rings. The van der Waals surface area contributed by atoms with Crippen LogP contribution in [-0.2, 0) is 4.74 Å². The van der Waals surface area contributed by atoms with Gasteiger partial charge in [-0.3, -0.25) is 14.3 Å². The average Bonchev–Trinajstić information content (AvgIpc) is 2.81. The summed E-state index contributed by atoms with van der Waals surface area (Å²) in [7, 11) is 0. The molecule has 6 heteroatoms. The molecule has 2 unspecified atom stereocenters. The normalized spacial score (nSPS) is 25.9. The van der Waals surface area contributed by atoms with Gasteiger partial charge < -0.3 is 9.84 Å². The minimum atomic E-state index is -0.906. The number of nitrogens with one attached hydrogen (secondary N) is 1. The van der Waals surface area contributed by atoms with Crippen molar-refractivity contribution in [3.8, 4) is 11.8 Å². The minimum absolute atomic E-state index is 0.214. The monoisotopic (exact) mass is 264 g/mol. The number of nitrogens with zero attached hydrogens (tertiary/aromatic N) is 1. The number of aromatic amines is 1. The van der Waals surface area contributed by atoms with Crippen molar-refractivity contribution in [2.45, 2.75) is 38.0 Å². The van der Waals surface area contributed by atoms with Crippen LogP contribution in [0, 0.1) is 11.8 Å². The number of aromatic nitrogens is 2. The van der Waals surface area contributed by atoms with Crippen LogP contribution < -0.4 is 11.2 Å². The first-order valence-electron chi connectivity index (χ1n) is 6.20. The van der Waals surface area contributed by atoms with Crippen LogP contribution in [0.4, 0.5) is 0 Å². The van der Waals surface area contributed by atoms with E-state index in [0.717, 1.165) is 0 Å². The van der Waals surface area contributed by atoms with Crippen LogP contribution in [-0.4, -0.2) is 26.9 Å². The fourth-order valence-corrected chi connectivity index (χ4v) is 2.08. The van der Waals surface area contributed by atoms with Gasteiger partial charge in [0.05, 0.1) is 6.61 Å². The number of aliphatic hydroxyl groups excluding tert-OH is 1. The summed E-state index contributed by atoms with van der Waals surface area (Å²) in [5, 5.41) is 9.45. The van der Waals surface area contributed by atoms with E-state index in [2.05, 4.69) is 16.8 Å². The minimum Gasteiger partial charge on any atom is -0.392 e. The molecule has 0 bridgehead atoms. The first-order chi connectivity index (χ1) is 9.10. The van der Waals surface area contributed by atoms with E-state index in [1.54, 1.807) is 0 Å². The van der Waals surface area contributed by atoms with Gasteiger partial charge in [-0.05, 0) is 12.8 Å². The lowest BCUT2D eigenvalue weighted by Crippen LogP contribution is -2.35. The molecule has 2 atom stereocenters. The van der Waals surface area contributed by atoms with E-state index in [4.69, 9.17) is 4.74 Å². The molecule has 2 N–H and O–H groups in total. The molecule has 1 fully saturated rings. The molecule has 102 valence electrons. The van der Waals surface area contributed by atoms with E-state index in [-0.39, 0.29) is 6.61 Å². The van der Waals surface area contributed by atoms with E-state index < -0.39 is 23.1 Å². The highest BCUT2D eigenvalue weighted by Gasteiger charge is 2.39. The third-order valence-corrected chi connectivity index (χ3v) is 3.07. The topological polar surface area (TPSA) is 84.3 Å². The Morgan fingerprint density at radius 3 is 3.05 bits per heavy atom. The molecular weight excluding hydrogens is 248 g/mol. The molecule has 2 rings (SSSR count). The van der Waals surface area contributed by atoms with E-state index in [9.17, 15) is 14.7 Å². The smallest absolute Gasteiger partial charge is 0.330 e. The van der Waals surface area contributed by atoms with Gasteiger partial charge in [0.25, 0.3) is 5.56 Å². The first-order valence-corrected chi connectivity index (χ1v) is 6.20. The Labute approximate surface area is 110 Å². The maximum absolute atomic E-state index is 11.7. The summed E-state index contributed by atoms with van der Waals surface area (Å²) in [4.78, 5) is 24.9. The standard InChI is InChI=1S/C13H16N2O4/c1-2-3-6-13(9-16)7-4-11(19-13)15-8-5-10(17)14-12(15)18/h5,8,11,16H,2,4,7,9H2,1H3,(H,14,17,18).